The molecule has 0 radical (unpaired) electrons. The van der Waals surface area contributed by atoms with Crippen LogP contribution in [0.4, 0.5) is 0 Å². The topological polar surface area (TPSA) is 17.1 Å². The van der Waals surface area contributed by atoms with Crippen molar-refractivity contribution < 1.29 is 4.79 Å². The predicted molar refractivity (Wildman–Crippen MR) is 118 cm³/mol. The zero-order chi connectivity index (χ0) is 19.5. The van der Waals surface area contributed by atoms with Gasteiger partial charge in [-0.15, -0.1) is 0 Å². The van der Waals surface area contributed by atoms with Crippen LogP contribution in [0.3, 0.4) is 0 Å². The first-order valence-electron chi connectivity index (χ1n) is 11.1. The van der Waals surface area contributed by atoms with Crippen molar-refractivity contribution >= 4 is 17.4 Å². The van der Waals surface area contributed by atoms with Crippen molar-refractivity contribution in [3.05, 3.63) is 70.8 Å². The molecule has 0 saturated heterocycles. The molecule has 1 fully saturated rings. The number of rotatable bonds is 5. The largest absolute Gasteiger partial charge is 0.299 e. The molecule has 0 aliphatic heterocycles. The summed E-state index contributed by atoms with van der Waals surface area (Å²) in [5.41, 5.74) is 7.07. The quantitative estimate of drug-likeness (QED) is 0.500. The highest BCUT2D eigenvalue weighted by molar-refractivity contribution is 5.91. The molecule has 3 atom stereocenters. The van der Waals surface area contributed by atoms with E-state index < -0.39 is 0 Å². The number of ketones is 1. The summed E-state index contributed by atoms with van der Waals surface area (Å²) in [6.45, 7) is 4.43. The molecule has 0 N–H and O–H groups in total. The predicted octanol–water partition coefficient (Wildman–Crippen LogP) is 7.38. The van der Waals surface area contributed by atoms with Crippen LogP contribution in [-0.2, 0) is 4.79 Å². The Kier molecular flexibility index (Phi) is 5.80. The number of carbonyl (C=O) groups excluding carboxylic acids is 1. The monoisotopic (exact) mass is 372 g/mol. The van der Waals surface area contributed by atoms with E-state index in [1.54, 1.807) is 0 Å². The van der Waals surface area contributed by atoms with Crippen LogP contribution >= 0.6 is 0 Å². The van der Waals surface area contributed by atoms with Crippen molar-refractivity contribution in [2.24, 2.45) is 5.92 Å². The molecule has 2 aromatic carbocycles. The Balaban J connectivity index is 1.51. The summed E-state index contributed by atoms with van der Waals surface area (Å²) in [6.07, 6.45) is 9.82. The maximum Gasteiger partial charge on any atom is 0.135 e. The van der Waals surface area contributed by atoms with Gasteiger partial charge in [0, 0.05) is 18.3 Å². The Bertz CT molecular complexity index is 875. The van der Waals surface area contributed by atoms with Gasteiger partial charge in [-0.05, 0) is 65.8 Å². The molecule has 0 heterocycles. The molecule has 2 aliphatic rings. The third kappa shape index (κ3) is 3.85. The van der Waals surface area contributed by atoms with Crippen LogP contribution in [0.2, 0.25) is 0 Å². The Morgan fingerprint density at radius 1 is 1.00 bits per heavy atom. The number of Topliss-reactive ketones (excluding diaryl/α,β-unsaturated/α-hetero) is 1. The number of hydrogen-bond acceptors (Lipinski definition) is 1. The average Bonchev–Trinajstić information content (AvgIpc) is 2.90. The standard InChI is InChI=1S/C27H32O/c1-3-8-27(28)21-11-6-10-20(15-16-21)22-12-7-13-23(17-22)26-18-24-9-4-5-14-25(24)19(26)2/h4-5,7,9,12-14,17-21H,3,6,8,10-11,15-16H2,1-2H3. The molecule has 4 rings (SSSR count). The van der Waals surface area contributed by atoms with Crippen molar-refractivity contribution in [2.45, 2.75) is 70.6 Å². The van der Waals surface area contributed by atoms with Crippen molar-refractivity contribution in [2.75, 3.05) is 0 Å². The Morgan fingerprint density at radius 3 is 2.68 bits per heavy atom. The van der Waals surface area contributed by atoms with Crippen molar-refractivity contribution in [3.8, 4) is 0 Å². The average molecular weight is 373 g/mol. The number of allylic oxidation sites excluding steroid dienone is 1. The summed E-state index contributed by atoms with van der Waals surface area (Å²) in [7, 11) is 0. The first kappa shape index (κ1) is 19.2. The van der Waals surface area contributed by atoms with E-state index in [4.69, 9.17) is 0 Å². The number of hydrogen-bond donors (Lipinski definition) is 0. The van der Waals surface area contributed by atoms with E-state index in [1.165, 1.54) is 40.7 Å². The van der Waals surface area contributed by atoms with E-state index in [2.05, 4.69) is 68.5 Å². The van der Waals surface area contributed by atoms with Gasteiger partial charge in [0.1, 0.15) is 5.78 Å². The van der Waals surface area contributed by atoms with Gasteiger partial charge < -0.3 is 0 Å². The highest BCUT2D eigenvalue weighted by Gasteiger charge is 2.26. The number of benzene rings is 2. The van der Waals surface area contributed by atoms with E-state index in [9.17, 15) is 4.79 Å². The minimum atomic E-state index is 0.306. The maximum absolute atomic E-state index is 12.4. The van der Waals surface area contributed by atoms with Gasteiger partial charge >= 0.3 is 0 Å². The molecule has 3 unspecified atom stereocenters. The van der Waals surface area contributed by atoms with Gasteiger partial charge in [-0.25, -0.2) is 0 Å². The second-order valence-electron chi connectivity index (χ2n) is 8.69. The number of fused-ring (bicyclic) bond motifs is 1. The fourth-order valence-corrected chi connectivity index (χ4v) is 5.21. The summed E-state index contributed by atoms with van der Waals surface area (Å²) in [5.74, 6) is 1.86. The lowest BCUT2D eigenvalue weighted by atomic mass is 9.87. The van der Waals surface area contributed by atoms with Gasteiger partial charge in [0.2, 0.25) is 0 Å². The van der Waals surface area contributed by atoms with Crippen molar-refractivity contribution in [1.29, 1.82) is 0 Å². The summed E-state index contributed by atoms with van der Waals surface area (Å²) in [4.78, 5) is 12.4. The van der Waals surface area contributed by atoms with Gasteiger partial charge in [-0.1, -0.05) is 74.9 Å². The summed E-state index contributed by atoms with van der Waals surface area (Å²) < 4.78 is 0. The fraction of sp³-hybridized carbons (Fsp3) is 0.444. The summed E-state index contributed by atoms with van der Waals surface area (Å²) in [5, 5.41) is 0. The molecular weight excluding hydrogens is 340 g/mol. The summed E-state index contributed by atoms with van der Waals surface area (Å²) in [6, 6.07) is 18.0. The molecular formula is C27H32O. The zero-order valence-electron chi connectivity index (χ0n) is 17.3. The summed E-state index contributed by atoms with van der Waals surface area (Å²) >= 11 is 0. The highest BCUT2D eigenvalue weighted by Crippen LogP contribution is 2.42. The van der Waals surface area contributed by atoms with Crippen LogP contribution in [0, 0.1) is 5.92 Å². The normalized spacial score (nSPS) is 24.4. The van der Waals surface area contributed by atoms with Crippen LogP contribution in [0.5, 0.6) is 0 Å². The molecule has 0 spiro atoms. The van der Waals surface area contributed by atoms with E-state index >= 15 is 0 Å². The lowest BCUT2D eigenvalue weighted by Crippen LogP contribution is -2.13. The van der Waals surface area contributed by atoms with Gasteiger partial charge in [-0.2, -0.15) is 0 Å². The molecule has 0 aromatic heterocycles. The maximum atomic E-state index is 12.4. The van der Waals surface area contributed by atoms with Gasteiger partial charge in [0.05, 0.1) is 0 Å². The van der Waals surface area contributed by atoms with E-state index in [0.29, 0.717) is 23.5 Å². The van der Waals surface area contributed by atoms with Crippen LogP contribution in [0.15, 0.2) is 48.5 Å². The lowest BCUT2D eigenvalue weighted by Gasteiger charge is -2.18. The molecule has 2 aromatic rings. The minimum absolute atomic E-state index is 0.306. The SMILES string of the molecule is CCCC(=O)C1CCCC(c2cccc(C3=Cc4ccccc4C3C)c2)CC1. The van der Waals surface area contributed by atoms with Gasteiger partial charge in [-0.3, -0.25) is 4.79 Å². The first-order valence-corrected chi connectivity index (χ1v) is 11.1. The molecule has 1 nitrogen and oxygen atoms in total. The van der Waals surface area contributed by atoms with E-state index in [1.807, 2.05) is 0 Å². The third-order valence-electron chi connectivity index (χ3n) is 6.85. The van der Waals surface area contributed by atoms with Crippen LogP contribution < -0.4 is 0 Å². The Morgan fingerprint density at radius 2 is 1.86 bits per heavy atom. The molecule has 2 aliphatic carbocycles. The highest BCUT2D eigenvalue weighted by atomic mass is 16.1. The van der Waals surface area contributed by atoms with E-state index in [0.717, 1.165) is 32.1 Å². The zero-order valence-corrected chi connectivity index (χ0v) is 17.3. The first-order chi connectivity index (χ1) is 13.7. The van der Waals surface area contributed by atoms with Crippen molar-refractivity contribution in [3.63, 3.8) is 0 Å². The molecule has 1 saturated carbocycles. The molecule has 1 heteroatoms. The van der Waals surface area contributed by atoms with Crippen LogP contribution in [0.25, 0.3) is 11.6 Å². The fourth-order valence-electron chi connectivity index (χ4n) is 5.21. The third-order valence-corrected chi connectivity index (χ3v) is 6.85. The lowest BCUT2D eigenvalue weighted by molar-refractivity contribution is -0.123. The molecule has 0 amide bonds. The van der Waals surface area contributed by atoms with Crippen molar-refractivity contribution in [1.82, 2.24) is 0 Å². The molecule has 146 valence electrons. The molecule has 28 heavy (non-hydrogen) atoms. The Labute approximate surface area is 169 Å². The second-order valence-corrected chi connectivity index (χ2v) is 8.69. The van der Waals surface area contributed by atoms with Crippen LogP contribution in [0.1, 0.15) is 92.9 Å². The van der Waals surface area contributed by atoms with Crippen LogP contribution in [-0.4, -0.2) is 5.78 Å². The Hall–Kier alpha value is -2.15. The second kappa shape index (κ2) is 8.47. The van der Waals surface area contributed by atoms with Gasteiger partial charge in [0.15, 0.2) is 0 Å². The van der Waals surface area contributed by atoms with E-state index in [-0.39, 0.29) is 0 Å². The smallest absolute Gasteiger partial charge is 0.135 e. The van der Waals surface area contributed by atoms with Gasteiger partial charge in [0.25, 0.3) is 0 Å². The minimum Gasteiger partial charge on any atom is -0.299 e. The molecule has 0 bridgehead atoms. The number of carbonyl (C=O) groups is 1.